The lowest BCUT2D eigenvalue weighted by Crippen LogP contribution is -2.33. The number of anilines is 1. The van der Waals surface area contributed by atoms with E-state index in [0.717, 1.165) is 50.5 Å². The van der Waals surface area contributed by atoms with E-state index in [1.54, 1.807) is 0 Å². The van der Waals surface area contributed by atoms with Crippen LogP contribution in [0.25, 0.3) is 0 Å². The Hall–Kier alpha value is -1.26. The highest BCUT2D eigenvalue weighted by atomic mass is 16.5. The van der Waals surface area contributed by atoms with Crippen molar-refractivity contribution in [3.63, 3.8) is 0 Å². The molecule has 0 amide bonds. The van der Waals surface area contributed by atoms with Crippen molar-refractivity contribution in [3.8, 4) is 5.75 Å². The lowest BCUT2D eigenvalue weighted by molar-refractivity contribution is 0.00925. The standard InChI is InChI=1S/C17H28N2O2/c1-4-16-13-15(9-11-20-16)18-14-5-7-17(8-6-14)21-12-10-19(2)3/h5-8,15-16,18H,4,9-13H2,1-3H3. The molecule has 2 rings (SSSR count). The van der Waals surface area contributed by atoms with Crippen LogP contribution >= 0.6 is 0 Å². The normalized spacial score (nSPS) is 22.3. The molecule has 0 bridgehead atoms. The zero-order valence-electron chi connectivity index (χ0n) is 13.5. The summed E-state index contributed by atoms with van der Waals surface area (Å²) >= 11 is 0. The molecule has 1 N–H and O–H groups in total. The van der Waals surface area contributed by atoms with Crippen molar-refractivity contribution in [1.29, 1.82) is 0 Å². The number of benzene rings is 1. The first-order chi connectivity index (χ1) is 10.2. The summed E-state index contributed by atoms with van der Waals surface area (Å²) in [6, 6.07) is 8.79. The van der Waals surface area contributed by atoms with Gasteiger partial charge in [-0.15, -0.1) is 0 Å². The molecule has 0 aliphatic carbocycles. The number of nitrogens with zero attached hydrogens (tertiary/aromatic N) is 1. The predicted octanol–water partition coefficient (Wildman–Crippen LogP) is 3.00. The SMILES string of the molecule is CCC1CC(Nc2ccc(OCCN(C)C)cc2)CCO1. The number of hydrogen-bond acceptors (Lipinski definition) is 4. The fourth-order valence-electron chi connectivity index (χ4n) is 2.52. The molecule has 1 aromatic carbocycles. The third kappa shape index (κ3) is 5.56. The van der Waals surface area contributed by atoms with E-state index in [9.17, 15) is 0 Å². The number of nitrogens with one attached hydrogen (secondary N) is 1. The van der Waals surface area contributed by atoms with Crippen molar-refractivity contribution >= 4 is 5.69 Å². The van der Waals surface area contributed by atoms with Crippen LogP contribution in [-0.4, -0.2) is 50.9 Å². The third-order valence-electron chi connectivity index (χ3n) is 3.85. The van der Waals surface area contributed by atoms with E-state index in [1.165, 1.54) is 0 Å². The zero-order chi connectivity index (χ0) is 15.1. The first kappa shape index (κ1) is 16.1. The Morgan fingerprint density at radius 2 is 2.05 bits per heavy atom. The summed E-state index contributed by atoms with van der Waals surface area (Å²) in [6.07, 6.45) is 3.68. The molecule has 0 aromatic heterocycles. The van der Waals surface area contributed by atoms with Gasteiger partial charge in [0.1, 0.15) is 12.4 Å². The summed E-state index contributed by atoms with van der Waals surface area (Å²) in [5, 5.41) is 3.60. The molecule has 4 heteroatoms. The van der Waals surface area contributed by atoms with Gasteiger partial charge in [0.2, 0.25) is 0 Å². The fourth-order valence-corrected chi connectivity index (χ4v) is 2.52. The average molecular weight is 292 g/mol. The molecule has 1 aliphatic heterocycles. The molecule has 1 heterocycles. The van der Waals surface area contributed by atoms with Crippen LogP contribution in [0.5, 0.6) is 5.75 Å². The molecule has 118 valence electrons. The van der Waals surface area contributed by atoms with E-state index in [0.29, 0.717) is 12.1 Å². The topological polar surface area (TPSA) is 33.7 Å². The molecule has 1 saturated heterocycles. The Morgan fingerprint density at radius 3 is 2.71 bits per heavy atom. The van der Waals surface area contributed by atoms with Crippen LogP contribution in [0, 0.1) is 0 Å². The fraction of sp³-hybridized carbons (Fsp3) is 0.647. The summed E-state index contributed by atoms with van der Waals surface area (Å²) in [6.45, 7) is 4.70. The number of likely N-dealkylation sites (N-methyl/N-ethyl adjacent to an activating group) is 1. The average Bonchev–Trinajstić information content (AvgIpc) is 2.49. The Morgan fingerprint density at radius 1 is 1.29 bits per heavy atom. The van der Waals surface area contributed by atoms with E-state index in [-0.39, 0.29) is 0 Å². The van der Waals surface area contributed by atoms with E-state index in [4.69, 9.17) is 9.47 Å². The van der Waals surface area contributed by atoms with E-state index in [1.807, 2.05) is 26.2 Å². The van der Waals surface area contributed by atoms with Crippen molar-refractivity contribution < 1.29 is 9.47 Å². The highest BCUT2D eigenvalue weighted by Gasteiger charge is 2.20. The zero-order valence-corrected chi connectivity index (χ0v) is 13.5. The maximum Gasteiger partial charge on any atom is 0.119 e. The number of rotatable bonds is 7. The molecule has 0 saturated carbocycles. The quantitative estimate of drug-likeness (QED) is 0.837. The van der Waals surface area contributed by atoms with Gasteiger partial charge < -0.3 is 19.7 Å². The third-order valence-corrected chi connectivity index (χ3v) is 3.85. The van der Waals surface area contributed by atoms with Gasteiger partial charge in [0.05, 0.1) is 6.10 Å². The lowest BCUT2D eigenvalue weighted by atomic mass is 10.0. The Bertz CT molecular complexity index is 406. The second kappa shape index (κ2) is 8.25. The van der Waals surface area contributed by atoms with Gasteiger partial charge in [0, 0.05) is 24.9 Å². The van der Waals surface area contributed by atoms with Crippen LogP contribution in [0.2, 0.25) is 0 Å². The molecule has 2 atom stereocenters. The van der Waals surface area contributed by atoms with E-state index >= 15 is 0 Å². The molecule has 1 fully saturated rings. The Labute approximate surface area is 128 Å². The molecular weight excluding hydrogens is 264 g/mol. The molecule has 2 unspecified atom stereocenters. The van der Waals surface area contributed by atoms with Crippen LogP contribution in [0.15, 0.2) is 24.3 Å². The van der Waals surface area contributed by atoms with Crippen molar-refractivity contribution in [3.05, 3.63) is 24.3 Å². The largest absolute Gasteiger partial charge is 0.492 e. The molecule has 1 aromatic rings. The van der Waals surface area contributed by atoms with Gasteiger partial charge in [-0.3, -0.25) is 0 Å². The minimum Gasteiger partial charge on any atom is -0.492 e. The van der Waals surface area contributed by atoms with Crippen LogP contribution in [0.1, 0.15) is 26.2 Å². The Kier molecular flexibility index (Phi) is 6.33. The lowest BCUT2D eigenvalue weighted by Gasteiger charge is -2.30. The minimum absolute atomic E-state index is 0.407. The summed E-state index contributed by atoms with van der Waals surface area (Å²) in [4.78, 5) is 2.12. The van der Waals surface area contributed by atoms with E-state index < -0.39 is 0 Å². The highest BCUT2D eigenvalue weighted by molar-refractivity contribution is 5.47. The van der Waals surface area contributed by atoms with Crippen LogP contribution in [0.4, 0.5) is 5.69 Å². The first-order valence-electron chi connectivity index (χ1n) is 7.93. The monoisotopic (exact) mass is 292 g/mol. The van der Waals surface area contributed by atoms with Crippen LogP contribution in [-0.2, 0) is 4.74 Å². The van der Waals surface area contributed by atoms with Crippen molar-refractivity contribution in [2.45, 2.75) is 38.3 Å². The molecule has 0 radical (unpaired) electrons. The molecule has 21 heavy (non-hydrogen) atoms. The van der Waals surface area contributed by atoms with Crippen molar-refractivity contribution in [2.75, 3.05) is 39.2 Å². The minimum atomic E-state index is 0.407. The number of hydrogen-bond donors (Lipinski definition) is 1. The maximum atomic E-state index is 5.71. The van der Waals surface area contributed by atoms with Crippen molar-refractivity contribution in [2.24, 2.45) is 0 Å². The highest BCUT2D eigenvalue weighted by Crippen LogP contribution is 2.22. The van der Waals surface area contributed by atoms with Gasteiger partial charge in [-0.1, -0.05) is 6.92 Å². The van der Waals surface area contributed by atoms with Gasteiger partial charge in [0.15, 0.2) is 0 Å². The summed E-state index contributed by atoms with van der Waals surface area (Å²) in [5.74, 6) is 0.931. The van der Waals surface area contributed by atoms with Gasteiger partial charge in [-0.25, -0.2) is 0 Å². The summed E-state index contributed by atoms with van der Waals surface area (Å²) in [5.41, 5.74) is 1.16. The maximum absolute atomic E-state index is 5.71. The van der Waals surface area contributed by atoms with Gasteiger partial charge in [0.25, 0.3) is 0 Å². The second-order valence-electron chi connectivity index (χ2n) is 5.94. The molecular formula is C17H28N2O2. The first-order valence-corrected chi connectivity index (χ1v) is 7.93. The van der Waals surface area contributed by atoms with Crippen molar-refractivity contribution in [1.82, 2.24) is 4.90 Å². The molecule has 1 aliphatic rings. The van der Waals surface area contributed by atoms with Gasteiger partial charge in [-0.2, -0.15) is 0 Å². The van der Waals surface area contributed by atoms with Gasteiger partial charge >= 0.3 is 0 Å². The smallest absolute Gasteiger partial charge is 0.119 e. The van der Waals surface area contributed by atoms with Gasteiger partial charge in [-0.05, 0) is 57.6 Å². The number of ether oxygens (including phenoxy) is 2. The molecule has 0 spiro atoms. The van der Waals surface area contributed by atoms with E-state index in [2.05, 4.69) is 29.3 Å². The summed E-state index contributed by atoms with van der Waals surface area (Å²) < 4.78 is 11.4. The molecule has 4 nitrogen and oxygen atoms in total. The second-order valence-corrected chi connectivity index (χ2v) is 5.94. The van der Waals surface area contributed by atoms with Crippen LogP contribution in [0.3, 0.4) is 0 Å². The predicted molar refractivity (Wildman–Crippen MR) is 87.2 cm³/mol. The Balaban J connectivity index is 1.79. The van der Waals surface area contributed by atoms with Crippen LogP contribution < -0.4 is 10.1 Å². The summed E-state index contributed by atoms with van der Waals surface area (Å²) in [7, 11) is 4.10.